The van der Waals surface area contributed by atoms with Gasteiger partial charge in [-0.2, -0.15) is 5.26 Å². The molecule has 0 saturated heterocycles. The second-order valence-electron chi connectivity index (χ2n) is 6.52. The molecule has 0 radical (unpaired) electrons. The van der Waals surface area contributed by atoms with Gasteiger partial charge in [-0.15, -0.1) is 0 Å². The van der Waals surface area contributed by atoms with Gasteiger partial charge in [-0.3, -0.25) is 10.1 Å². The molecule has 0 amide bonds. The fourth-order valence-corrected chi connectivity index (χ4v) is 2.86. The Balaban J connectivity index is 2.68. The summed E-state index contributed by atoms with van der Waals surface area (Å²) in [6.45, 7) is 5.64. The van der Waals surface area contributed by atoms with Crippen LogP contribution in [0.1, 0.15) is 37.5 Å². The summed E-state index contributed by atoms with van der Waals surface area (Å²) in [4.78, 5) is 9.43. The van der Waals surface area contributed by atoms with E-state index in [0.717, 1.165) is 0 Å². The summed E-state index contributed by atoms with van der Waals surface area (Å²) >= 11 is 12.5. The monoisotopic (exact) mass is 362 g/mol. The molecular weight excluding hydrogens is 347 g/mol. The van der Waals surface area contributed by atoms with Gasteiger partial charge in [-0.05, 0) is 40.8 Å². The third kappa shape index (κ3) is 3.38. The molecule has 0 saturated carbocycles. The topological polar surface area (TPSA) is 66.9 Å². The summed E-state index contributed by atoms with van der Waals surface area (Å²) in [6.07, 6.45) is 0. The second kappa shape index (κ2) is 6.43. The van der Waals surface area contributed by atoms with E-state index in [-0.39, 0.29) is 5.69 Å². The van der Waals surface area contributed by atoms with E-state index >= 15 is 0 Å². The molecule has 0 heterocycles. The number of hydrogen-bond donors (Lipinski definition) is 0. The van der Waals surface area contributed by atoms with Crippen LogP contribution in [-0.2, 0) is 10.3 Å². The molecule has 0 aliphatic carbocycles. The normalized spacial score (nSPS) is 13.8. The second-order valence-corrected chi connectivity index (χ2v) is 7.52. The smallest absolute Gasteiger partial charge is 0.258 e. The Kier molecular flexibility index (Phi) is 4.89. The zero-order valence-corrected chi connectivity index (χ0v) is 15.0. The number of halogens is 2. The summed E-state index contributed by atoms with van der Waals surface area (Å²) < 4.78 is 0. The number of nitrogens with zero attached hydrogens (tertiary/aromatic N) is 2. The minimum Gasteiger partial charge on any atom is -0.258 e. The molecule has 2 rings (SSSR count). The van der Waals surface area contributed by atoms with Crippen molar-refractivity contribution in [1.29, 1.82) is 5.26 Å². The molecule has 0 aromatic heterocycles. The number of benzene rings is 2. The van der Waals surface area contributed by atoms with E-state index in [0.29, 0.717) is 21.7 Å². The summed E-state index contributed by atoms with van der Waals surface area (Å²) in [5.41, 5.74) is 1.12. The van der Waals surface area contributed by atoms with Gasteiger partial charge in [-0.1, -0.05) is 56.1 Å². The van der Waals surface area contributed by atoms with Crippen molar-refractivity contribution < 1.29 is 4.92 Å². The molecule has 6 heteroatoms. The highest BCUT2D eigenvalue weighted by Gasteiger charge is 2.35. The first-order valence-corrected chi connectivity index (χ1v) is 8.01. The molecule has 0 fully saturated rings. The van der Waals surface area contributed by atoms with E-state index in [9.17, 15) is 15.4 Å². The van der Waals surface area contributed by atoms with E-state index in [1.807, 2.05) is 20.8 Å². The molecule has 1 unspecified atom stereocenters. The third-order valence-electron chi connectivity index (χ3n) is 3.80. The van der Waals surface area contributed by atoms with Crippen molar-refractivity contribution in [2.75, 3.05) is 0 Å². The molecule has 124 valence electrons. The largest absolute Gasteiger partial charge is 0.273 e. The lowest BCUT2D eigenvalue weighted by Gasteiger charge is -2.24. The van der Waals surface area contributed by atoms with Crippen molar-refractivity contribution in [3.8, 4) is 6.07 Å². The van der Waals surface area contributed by atoms with Crippen LogP contribution < -0.4 is 0 Å². The van der Waals surface area contributed by atoms with Crippen LogP contribution in [-0.4, -0.2) is 4.92 Å². The Labute approximate surface area is 150 Å². The van der Waals surface area contributed by atoms with E-state index in [1.165, 1.54) is 12.1 Å². The first kappa shape index (κ1) is 18.3. The summed E-state index contributed by atoms with van der Waals surface area (Å²) in [7, 11) is 0. The van der Waals surface area contributed by atoms with E-state index in [1.54, 1.807) is 30.3 Å². The number of nitriles is 1. The minimum absolute atomic E-state index is 0.0133. The molecule has 0 aliphatic heterocycles. The predicted octanol–water partition coefficient (Wildman–Crippen LogP) is 5.55. The molecule has 24 heavy (non-hydrogen) atoms. The van der Waals surface area contributed by atoms with Crippen LogP contribution in [0.5, 0.6) is 0 Å². The first-order chi connectivity index (χ1) is 11.1. The molecule has 2 aromatic carbocycles. The SMILES string of the molecule is CC(C)(C)c1cc(C(Cl)(C#N)c2ccc(Cl)cc2)ccc1[N+](=O)[O-]. The standard InChI is InChI=1S/C18H16Cl2N2O2/c1-17(2,3)15-10-13(6-9-16(15)22(23)24)18(20,11-21)12-4-7-14(19)8-5-12/h4-10H,1-3H3. The maximum Gasteiger partial charge on any atom is 0.273 e. The highest BCUT2D eigenvalue weighted by Crippen LogP contribution is 2.40. The third-order valence-corrected chi connectivity index (χ3v) is 4.57. The van der Waals surface area contributed by atoms with E-state index in [2.05, 4.69) is 6.07 Å². The fourth-order valence-electron chi connectivity index (χ4n) is 2.49. The fraction of sp³-hybridized carbons (Fsp3) is 0.278. The van der Waals surface area contributed by atoms with Crippen LogP contribution in [0, 0.1) is 21.4 Å². The zero-order chi connectivity index (χ0) is 18.1. The zero-order valence-electron chi connectivity index (χ0n) is 13.5. The van der Waals surface area contributed by atoms with Gasteiger partial charge in [-0.25, -0.2) is 0 Å². The Bertz CT molecular complexity index is 820. The molecule has 0 spiro atoms. The van der Waals surface area contributed by atoms with Crippen molar-refractivity contribution in [2.45, 2.75) is 31.1 Å². The lowest BCUT2D eigenvalue weighted by atomic mass is 9.82. The van der Waals surface area contributed by atoms with Crippen LogP contribution in [0.2, 0.25) is 5.02 Å². The number of nitro groups is 1. The number of nitro benzene ring substituents is 1. The van der Waals surface area contributed by atoms with Crippen molar-refractivity contribution >= 4 is 28.9 Å². The molecular formula is C18H16Cl2N2O2. The van der Waals surface area contributed by atoms with Gasteiger partial charge in [0.05, 0.1) is 11.0 Å². The summed E-state index contributed by atoms with van der Waals surface area (Å²) in [6, 6.07) is 13.3. The number of rotatable bonds is 3. The van der Waals surface area contributed by atoms with Gasteiger partial charge in [0, 0.05) is 16.7 Å². The van der Waals surface area contributed by atoms with Gasteiger partial charge in [0.1, 0.15) is 0 Å². The van der Waals surface area contributed by atoms with Crippen LogP contribution in [0.3, 0.4) is 0 Å². The molecule has 0 bridgehead atoms. The van der Waals surface area contributed by atoms with E-state index in [4.69, 9.17) is 23.2 Å². The Morgan fingerprint density at radius 1 is 1.08 bits per heavy atom. The number of alkyl halides is 1. The highest BCUT2D eigenvalue weighted by molar-refractivity contribution is 6.31. The summed E-state index contributed by atoms with van der Waals surface area (Å²) in [5.74, 6) is 0. The molecule has 0 N–H and O–H groups in total. The van der Waals surface area contributed by atoms with Gasteiger partial charge >= 0.3 is 0 Å². The van der Waals surface area contributed by atoms with Gasteiger partial charge in [0.2, 0.25) is 0 Å². The average molecular weight is 363 g/mol. The lowest BCUT2D eigenvalue weighted by Crippen LogP contribution is -2.21. The molecule has 1 atom stereocenters. The van der Waals surface area contributed by atoms with E-state index < -0.39 is 15.2 Å². The van der Waals surface area contributed by atoms with Gasteiger partial charge in [0.25, 0.3) is 5.69 Å². The van der Waals surface area contributed by atoms with Crippen LogP contribution in [0.15, 0.2) is 42.5 Å². The summed E-state index contributed by atoms with van der Waals surface area (Å²) in [5, 5.41) is 21.5. The maximum atomic E-state index is 11.3. The molecule has 0 aliphatic rings. The van der Waals surface area contributed by atoms with Gasteiger partial charge in [0.15, 0.2) is 4.87 Å². The van der Waals surface area contributed by atoms with Crippen LogP contribution in [0.4, 0.5) is 5.69 Å². The Hall–Kier alpha value is -2.09. The van der Waals surface area contributed by atoms with Crippen LogP contribution >= 0.6 is 23.2 Å². The predicted molar refractivity (Wildman–Crippen MR) is 95.5 cm³/mol. The quantitative estimate of drug-likeness (QED) is 0.408. The minimum atomic E-state index is -1.44. The first-order valence-electron chi connectivity index (χ1n) is 7.25. The Morgan fingerprint density at radius 3 is 2.08 bits per heavy atom. The van der Waals surface area contributed by atoms with Crippen LogP contribution in [0.25, 0.3) is 0 Å². The lowest BCUT2D eigenvalue weighted by molar-refractivity contribution is -0.386. The van der Waals surface area contributed by atoms with Crippen molar-refractivity contribution in [2.24, 2.45) is 0 Å². The highest BCUT2D eigenvalue weighted by atomic mass is 35.5. The average Bonchev–Trinajstić information content (AvgIpc) is 2.53. The van der Waals surface area contributed by atoms with Crippen molar-refractivity contribution in [3.63, 3.8) is 0 Å². The van der Waals surface area contributed by atoms with Gasteiger partial charge < -0.3 is 0 Å². The number of hydrogen-bond acceptors (Lipinski definition) is 3. The molecule has 2 aromatic rings. The Morgan fingerprint density at radius 2 is 1.62 bits per heavy atom. The maximum absolute atomic E-state index is 11.3. The molecule has 4 nitrogen and oxygen atoms in total. The van der Waals surface area contributed by atoms with Crippen molar-refractivity contribution in [1.82, 2.24) is 0 Å². The van der Waals surface area contributed by atoms with Crippen molar-refractivity contribution in [3.05, 3.63) is 74.3 Å².